The van der Waals surface area contributed by atoms with Crippen LogP contribution in [0.15, 0.2) is 46.3 Å². The number of hydrogen-bond acceptors (Lipinski definition) is 2. The average molecular weight is 324 g/mol. The predicted octanol–water partition coefficient (Wildman–Crippen LogP) is 3.93. The van der Waals surface area contributed by atoms with Crippen LogP contribution < -0.4 is 5.32 Å². The van der Waals surface area contributed by atoms with Crippen LogP contribution in [0.3, 0.4) is 0 Å². The van der Waals surface area contributed by atoms with Crippen molar-refractivity contribution in [2.45, 2.75) is 19.4 Å². The summed E-state index contributed by atoms with van der Waals surface area (Å²) < 4.78 is 1.02. The third-order valence-electron chi connectivity index (χ3n) is 2.66. The van der Waals surface area contributed by atoms with E-state index >= 15 is 0 Å². The SMILES string of the molecule is C[C@@H](NC(=O)Cc1cccs1)c1ccccc1Br. The van der Waals surface area contributed by atoms with Gasteiger partial charge in [-0.05, 0) is 30.0 Å². The predicted molar refractivity (Wildman–Crippen MR) is 78.7 cm³/mol. The summed E-state index contributed by atoms with van der Waals surface area (Å²) in [7, 11) is 0. The van der Waals surface area contributed by atoms with E-state index in [4.69, 9.17) is 0 Å². The smallest absolute Gasteiger partial charge is 0.225 e. The molecule has 18 heavy (non-hydrogen) atoms. The summed E-state index contributed by atoms with van der Waals surface area (Å²) in [4.78, 5) is 13.0. The number of carbonyl (C=O) groups excluding carboxylic acids is 1. The van der Waals surface area contributed by atoms with Crippen LogP contribution in [0.1, 0.15) is 23.4 Å². The van der Waals surface area contributed by atoms with Crippen LogP contribution in [0.4, 0.5) is 0 Å². The standard InChI is InChI=1S/C14H14BrNOS/c1-10(12-6-2-3-7-13(12)15)16-14(17)9-11-5-4-8-18-11/h2-8,10H,9H2,1H3,(H,16,17)/t10-/m1/s1. The zero-order valence-corrected chi connectivity index (χ0v) is 12.4. The fraction of sp³-hybridized carbons (Fsp3) is 0.214. The molecule has 0 aliphatic rings. The van der Waals surface area contributed by atoms with Crippen LogP contribution in [0.2, 0.25) is 0 Å². The number of amides is 1. The molecule has 1 aromatic heterocycles. The van der Waals surface area contributed by atoms with Gasteiger partial charge in [0.05, 0.1) is 12.5 Å². The van der Waals surface area contributed by atoms with Gasteiger partial charge < -0.3 is 5.32 Å². The van der Waals surface area contributed by atoms with E-state index in [0.29, 0.717) is 6.42 Å². The molecule has 2 aromatic rings. The number of halogens is 1. The highest BCUT2D eigenvalue weighted by Crippen LogP contribution is 2.22. The Kier molecular flexibility index (Phi) is 4.55. The van der Waals surface area contributed by atoms with Gasteiger partial charge in [0.15, 0.2) is 0 Å². The molecule has 1 N–H and O–H groups in total. The van der Waals surface area contributed by atoms with Crippen molar-refractivity contribution in [1.82, 2.24) is 5.32 Å². The van der Waals surface area contributed by atoms with Crippen molar-refractivity contribution < 1.29 is 4.79 Å². The molecule has 0 radical (unpaired) electrons. The lowest BCUT2D eigenvalue weighted by Gasteiger charge is -2.15. The molecule has 0 saturated heterocycles. The molecule has 1 atom stereocenters. The van der Waals surface area contributed by atoms with E-state index in [1.165, 1.54) is 0 Å². The Morgan fingerprint density at radius 1 is 1.33 bits per heavy atom. The second kappa shape index (κ2) is 6.16. The molecule has 1 amide bonds. The van der Waals surface area contributed by atoms with E-state index in [1.807, 2.05) is 48.7 Å². The van der Waals surface area contributed by atoms with Crippen LogP contribution in [0.5, 0.6) is 0 Å². The van der Waals surface area contributed by atoms with Gasteiger partial charge in [0, 0.05) is 9.35 Å². The fourth-order valence-corrected chi connectivity index (χ4v) is 3.10. The van der Waals surface area contributed by atoms with Gasteiger partial charge in [-0.15, -0.1) is 11.3 Å². The maximum absolute atomic E-state index is 11.9. The molecule has 4 heteroatoms. The van der Waals surface area contributed by atoms with Gasteiger partial charge in [-0.25, -0.2) is 0 Å². The zero-order valence-electron chi connectivity index (χ0n) is 10.0. The van der Waals surface area contributed by atoms with Gasteiger partial charge in [0.2, 0.25) is 5.91 Å². The summed E-state index contributed by atoms with van der Waals surface area (Å²) in [6.45, 7) is 1.99. The molecule has 0 unspecified atom stereocenters. The molecule has 0 bridgehead atoms. The summed E-state index contributed by atoms with van der Waals surface area (Å²) in [5, 5.41) is 5.00. The number of carbonyl (C=O) groups is 1. The van der Waals surface area contributed by atoms with Crippen LogP contribution in [-0.2, 0) is 11.2 Å². The van der Waals surface area contributed by atoms with Gasteiger partial charge in [0.25, 0.3) is 0 Å². The van der Waals surface area contributed by atoms with Gasteiger partial charge >= 0.3 is 0 Å². The van der Waals surface area contributed by atoms with E-state index < -0.39 is 0 Å². The fourth-order valence-electron chi connectivity index (χ4n) is 1.77. The van der Waals surface area contributed by atoms with Gasteiger partial charge in [-0.2, -0.15) is 0 Å². The van der Waals surface area contributed by atoms with Crippen molar-refractivity contribution in [2.75, 3.05) is 0 Å². The summed E-state index contributed by atoms with van der Waals surface area (Å²) in [5.41, 5.74) is 1.09. The Morgan fingerprint density at radius 3 is 2.78 bits per heavy atom. The number of thiophene rings is 1. The minimum atomic E-state index is 0.00744. The van der Waals surface area contributed by atoms with Crippen LogP contribution in [0, 0.1) is 0 Å². The lowest BCUT2D eigenvalue weighted by molar-refractivity contribution is -0.121. The highest BCUT2D eigenvalue weighted by molar-refractivity contribution is 9.10. The lowest BCUT2D eigenvalue weighted by atomic mass is 10.1. The van der Waals surface area contributed by atoms with Crippen molar-refractivity contribution in [3.8, 4) is 0 Å². The monoisotopic (exact) mass is 323 g/mol. The number of hydrogen-bond donors (Lipinski definition) is 1. The largest absolute Gasteiger partial charge is 0.349 e. The molecule has 2 nitrogen and oxygen atoms in total. The summed E-state index contributed by atoms with van der Waals surface area (Å²) in [6, 6.07) is 11.9. The maximum atomic E-state index is 11.9. The summed E-state index contributed by atoms with van der Waals surface area (Å²) >= 11 is 5.11. The van der Waals surface area contributed by atoms with Crippen LogP contribution >= 0.6 is 27.3 Å². The Labute approximate surface area is 119 Å². The summed E-state index contributed by atoms with van der Waals surface area (Å²) in [5.74, 6) is 0.0562. The third-order valence-corrected chi connectivity index (χ3v) is 4.26. The number of benzene rings is 1. The van der Waals surface area contributed by atoms with E-state index in [-0.39, 0.29) is 11.9 Å². The first kappa shape index (κ1) is 13.3. The lowest BCUT2D eigenvalue weighted by Crippen LogP contribution is -2.28. The molecule has 0 saturated carbocycles. The van der Waals surface area contributed by atoms with Crippen molar-refractivity contribution in [3.63, 3.8) is 0 Å². The molecule has 0 aliphatic heterocycles. The molecule has 0 spiro atoms. The highest BCUT2D eigenvalue weighted by Gasteiger charge is 2.12. The van der Waals surface area contributed by atoms with E-state index in [0.717, 1.165) is 14.9 Å². The van der Waals surface area contributed by atoms with Crippen LogP contribution in [0.25, 0.3) is 0 Å². The molecule has 1 heterocycles. The number of nitrogens with one attached hydrogen (secondary N) is 1. The maximum Gasteiger partial charge on any atom is 0.225 e. The van der Waals surface area contributed by atoms with Crippen LogP contribution in [-0.4, -0.2) is 5.91 Å². The van der Waals surface area contributed by atoms with Crippen molar-refractivity contribution in [3.05, 3.63) is 56.7 Å². The second-order valence-electron chi connectivity index (χ2n) is 4.07. The first-order valence-corrected chi connectivity index (χ1v) is 7.40. The molecule has 2 rings (SSSR count). The normalized spacial score (nSPS) is 12.1. The quantitative estimate of drug-likeness (QED) is 0.907. The van der Waals surface area contributed by atoms with Crippen molar-refractivity contribution >= 4 is 33.2 Å². The minimum Gasteiger partial charge on any atom is -0.349 e. The van der Waals surface area contributed by atoms with Crippen molar-refractivity contribution in [1.29, 1.82) is 0 Å². The highest BCUT2D eigenvalue weighted by atomic mass is 79.9. The van der Waals surface area contributed by atoms with Crippen molar-refractivity contribution in [2.24, 2.45) is 0 Å². The molecule has 0 aliphatic carbocycles. The van der Waals surface area contributed by atoms with Gasteiger partial charge in [-0.1, -0.05) is 40.2 Å². The minimum absolute atomic E-state index is 0.00744. The van der Waals surface area contributed by atoms with E-state index in [9.17, 15) is 4.79 Å². The molecule has 0 fully saturated rings. The van der Waals surface area contributed by atoms with E-state index in [1.54, 1.807) is 11.3 Å². The first-order valence-electron chi connectivity index (χ1n) is 5.73. The summed E-state index contributed by atoms with van der Waals surface area (Å²) in [6.07, 6.45) is 0.451. The van der Waals surface area contributed by atoms with Gasteiger partial charge in [-0.3, -0.25) is 4.79 Å². The second-order valence-corrected chi connectivity index (χ2v) is 5.95. The Balaban J connectivity index is 1.97. The third kappa shape index (κ3) is 3.43. The Bertz CT molecular complexity index is 524. The zero-order chi connectivity index (χ0) is 13.0. The average Bonchev–Trinajstić information content (AvgIpc) is 2.82. The topological polar surface area (TPSA) is 29.1 Å². The Hall–Kier alpha value is -1.13. The first-order chi connectivity index (χ1) is 8.66. The van der Waals surface area contributed by atoms with Gasteiger partial charge in [0.1, 0.15) is 0 Å². The molecular weight excluding hydrogens is 310 g/mol. The molecular formula is C14H14BrNOS. The van der Waals surface area contributed by atoms with E-state index in [2.05, 4.69) is 21.2 Å². The molecule has 1 aromatic carbocycles. The number of rotatable bonds is 4. The Morgan fingerprint density at radius 2 is 2.11 bits per heavy atom. The molecule has 94 valence electrons.